The third kappa shape index (κ3) is 2.84. The van der Waals surface area contributed by atoms with Crippen molar-refractivity contribution in [1.82, 2.24) is 9.29 Å². The van der Waals surface area contributed by atoms with Gasteiger partial charge in [0.15, 0.2) is 0 Å². The van der Waals surface area contributed by atoms with Crippen LogP contribution in [0.3, 0.4) is 0 Å². The van der Waals surface area contributed by atoms with Gasteiger partial charge in [0.05, 0.1) is 9.72 Å². The Morgan fingerprint density at radius 3 is 2.70 bits per heavy atom. The number of nitrogens with zero attached hydrogens (tertiary/aromatic N) is 3. The van der Waals surface area contributed by atoms with Gasteiger partial charge in [-0.25, -0.2) is 13.4 Å². The Bertz CT molecular complexity index is 589. The first-order valence-electron chi connectivity index (χ1n) is 6.93. The third-order valence-electron chi connectivity index (χ3n) is 3.80. The fourth-order valence-electron chi connectivity index (χ4n) is 2.55. The van der Waals surface area contributed by atoms with E-state index in [1.165, 1.54) is 0 Å². The Morgan fingerprint density at radius 2 is 2.00 bits per heavy atom. The number of rotatable bonds is 3. The van der Waals surface area contributed by atoms with Crippen LogP contribution in [0.1, 0.15) is 19.3 Å². The van der Waals surface area contributed by atoms with Gasteiger partial charge in [0.25, 0.3) is 0 Å². The van der Waals surface area contributed by atoms with Gasteiger partial charge in [0.2, 0.25) is 10.0 Å². The van der Waals surface area contributed by atoms with E-state index in [1.807, 2.05) is 12.1 Å². The van der Waals surface area contributed by atoms with Crippen LogP contribution in [0.2, 0.25) is 0 Å². The summed E-state index contributed by atoms with van der Waals surface area (Å²) in [5.41, 5.74) is 0. The Labute approximate surface area is 128 Å². The van der Waals surface area contributed by atoms with Gasteiger partial charge in [-0.05, 0) is 47.3 Å². The van der Waals surface area contributed by atoms with Crippen molar-refractivity contribution in [3.63, 3.8) is 0 Å². The van der Waals surface area contributed by atoms with Crippen molar-refractivity contribution >= 4 is 31.8 Å². The highest BCUT2D eigenvalue weighted by atomic mass is 79.9. The lowest BCUT2D eigenvalue weighted by atomic mass is 10.3. The summed E-state index contributed by atoms with van der Waals surface area (Å²) in [6.45, 7) is 2.72. The monoisotopic (exact) mass is 359 g/mol. The van der Waals surface area contributed by atoms with Crippen LogP contribution in [-0.4, -0.2) is 49.1 Å². The summed E-state index contributed by atoms with van der Waals surface area (Å²) in [6, 6.07) is 3.85. The molecule has 3 rings (SSSR count). The highest BCUT2D eigenvalue weighted by molar-refractivity contribution is 9.10. The molecule has 0 unspecified atom stereocenters. The molecule has 5 nitrogen and oxygen atoms in total. The summed E-state index contributed by atoms with van der Waals surface area (Å²) in [6.07, 6.45) is 4.27. The van der Waals surface area contributed by atoms with E-state index in [2.05, 4.69) is 25.8 Å². The maximum atomic E-state index is 12.3. The maximum absolute atomic E-state index is 12.3. The molecular formula is C13H18BrN3O2S. The zero-order valence-corrected chi connectivity index (χ0v) is 13.6. The molecule has 1 aliphatic heterocycles. The normalized spacial score (nSPS) is 21.8. The topological polar surface area (TPSA) is 53.5 Å². The second-order valence-corrected chi connectivity index (χ2v) is 8.36. The zero-order valence-electron chi connectivity index (χ0n) is 11.2. The van der Waals surface area contributed by atoms with E-state index in [4.69, 9.17) is 0 Å². The van der Waals surface area contributed by atoms with Crippen molar-refractivity contribution in [2.75, 3.05) is 31.1 Å². The van der Waals surface area contributed by atoms with E-state index < -0.39 is 10.0 Å². The summed E-state index contributed by atoms with van der Waals surface area (Å²) in [5.74, 6) is 0.901. The number of hydrogen-bond donors (Lipinski definition) is 0. The Kier molecular flexibility index (Phi) is 4.01. The molecule has 1 saturated heterocycles. The predicted octanol–water partition coefficient (Wildman–Crippen LogP) is 1.85. The molecule has 1 aliphatic carbocycles. The summed E-state index contributed by atoms with van der Waals surface area (Å²) in [4.78, 5) is 6.55. The molecular weight excluding hydrogens is 342 g/mol. The Hall–Kier alpha value is -0.660. The third-order valence-corrected chi connectivity index (χ3v) is 6.82. The number of aromatic nitrogens is 1. The van der Waals surface area contributed by atoms with Crippen LogP contribution in [0.25, 0.3) is 0 Å². The molecule has 0 bridgehead atoms. The zero-order chi connectivity index (χ0) is 14.2. The lowest BCUT2D eigenvalue weighted by Gasteiger charge is -2.23. The van der Waals surface area contributed by atoms with Crippen LogP contribution in [0, 0.1) is 0 Å². The molecule has 110 valence electrons. The summed E-state index contributed by atoms with van der Waals surface area (Å²) in [7, 11) is -3.05. The minimum atomic E-state index is -3.05. The highest BCUT2D eigenvalue weighted by Crippen LogP contribution is 2.32. The molecule has 0 atom stereocenters. The Morgan fingerprint density at radius 1 is 1.20 bits per heavy atom. The van der Waals surface area contributed by atoms with Gasteiger partial charge in [0, 0.05) is 32.4 Å². The van der Waals surface area contributed by atoms with E-state index in [-0.39, 0.29) is 5.25 Å². The van der Waals surface area contributed by atoms with Crippen molar-refractivity contribution in [3.05, 3.63) is 22.8 Å². The molecule has 1 saturated carbocycles. The van der Waals surface area contributed by atoms with Gasteiger partial charge in [-0.3, -0.25) is 0 Å². The van der Waals surface area contributed by atoms with Gasteiger partial charge in [-0.1, -0.05) is 0 Å². The molecule has 1 aromatic rings. The number of halogens is 1. The van der Waals surface area contributed by atoms with Crippen LogP contribution >= 0.6 is 15.9 Å². The smallest absolute Gasteiger partial charge is 0.217 e. The first-order valence-corrected chi connectivity index (χ1v) is 9.23. The molecule has 20 heavy (non-hydrogen) atoms. The standard InChI is InChI=1S/C13H18BrN3O2S/c14-12-3-1-6-15-13(12)16-7-2-8-17(10-9-16)20(18,19)11-4-5-11/h1,3,6,11H,2,4-5,7-10H2. The van der Waals surface area contributed by atoms with Gasteiger partial charge < -0.3 is 4.90 Å². The predicted molar refractivity (Wildman–Crippen MR) is 82.3 cm³/mol. The lowest BCUT2D eigenvalue weighted by Crippen LogP contribution is -2.37. The number of sulfonamides is 1. The largest absolute Gasteiger partial charge is 0.354 e. The first-order chi connectivity index (χ1) is 9.59. The fourth-order valence-corrected chi connectivity index (χ4v) is 4.93. The van der Waals surface area contributed by atoms with Gasteiger partial charge in [-0.15, -0.1) is 0 Å². The minimum Gasteiger partial charge on any atom is -0.354 e. The molecule has 0 N–H and O–H groups in total. The first kappa shape index (κ1) is 14.3. The summed E-state index contributed by atoms with van der Waals surface area (Å²) >= 11 is 3.51. The van der Waals surface area contributed by atoms with Crippen molar-refractivity contribution < 1.29 is 8.42 Å². The molecule has 2 heterocycles. The summed E-state index contributed by atoms with van der Waals surface area (Å²) in [5, 5.41) is -0.115. The van der Waals surface area contributed by atoms with Crippen LogP contribution in [0.15, 0.2) is 22.8 Å². The van der Waals surface area contributed by atoms with Crippen LogP contribution < -0.4 is 4.90 Å². The average molecular weight is 360 g/mol. The van der Waals surface area contributed by atoms with Crippen LogP contribution in [-0.2, 0) is 10.0 Å². The van der Waals surface area contributed by atoms with Gasteiger partial charge >= 0.3 is 0 Å². The SMILES string of the molecule is O=S(=O)(C1CC1)N1CCCN(c2ncccc2Br)CC1. The molecule has 0 amide bonds. The van der Waals surface area contributed by atoms with Crippen LogP contribution in [0.4, 0.5) is 5.82 Å². The van der Waals surface area contributed by atoms with Crippen LogP contribution in [0.5, 0.6) is 0 Å². The minimum absolute atomic E-state index is 0.115. The number of hydrogen-bond acceptors (Lipinski definition) is 4. The molecule has 7 heteroatoms. The van der Waals surface area contributed by atoms with E-state index in [0.717, 1.165) is 36.1 Å². The van der Waals surface area contributed by atoms with E-state index in [9.17, 15) is 8.42 Å². The van der Waals surface area contributed by atoms with E-state index >= 15 is 0 Å². The maximum Gasteiger partial charge on any atom is 0.217 e. The fraction of sp³-hybridized carbons (Fsp3) is 0.615. The molecule has 1 aromatic heterocycles. The number of pyridine rings is 1. The van der Waals surface area contributed by atoms with E-state index in [0.29, 0.717) is 19.6 Å². The van der Waals surface area contributed by atoms with Crippen molar-refractivity contribution in [2.45, 2.75) is 24.5 Å². The van der Waals surface area contributed by atoms with Gasteiger partial charge in [-0.2, -0.15) is 4.31 Å². The van der Waals surface area contributed by atoms with Crippen molar-refractivity contribution in [2.24, 2.45) is 0 Å². The van der Waals surface area contributed by atoms with E-state index in [1.54, 1.807) is 10.5 Å². The molecule has 0 aromatic carbocycles. The molecule has 2 fully saturated rings. The van der Waals surface area contributed by atoms with Crippen molar-refractivity contribution in [3.8, 4) is 0 Å². The highest BCUT2D eigenvalue weighted by Gasteiger charge is 2.40. The second-order valence-electron chi connectivity index (χ2n) is 5.29. The molecule has 2 aliphatic rings. The lowest BCUT2D eigenvalue weighted by molar-refractivity contribution is 0.432. The molecule has 0 spiro atoms. The number of anilines is 1. The molecule has 0 radical (unpaired) electrons. The second kappa shape index (κ2) is 5.61. The quantitative estimate of drug-likeness (QED) is 0.826. The van der Waals surface area contributed by atoms with Crippen molar-refractivity contribution in [1.29, 1.82) is 0 Å². The summed E-state index contributed by atoms with van der Waals surface area (Å²) < 4.78 is 27.2. The Balaban J connectivity index is 1.73. The van der Waals surface area contributed by atoms with Gasteiger partial charge in [0.1, 0.15) is 5.82 Å². The average Bonchev–Trinajstić information content (AvgIpc) is 3.26.